The highest BCUT2D eigenvalue weighted by Gasteiger charge is 2.16. The van der Waals surface area contributed by atoms with E-state index in [0.717, 1.165) is 5.56 Å². The van der Waals surface area contributed by atoms with Crippen LogP contribution in [-0.4, -0.2) is 29.1 Å². The van der Waals surface area contributed by atoms with Crippen molar-refractivity contribution < 1.29 is 14.6 Å². The molecular weight excluding hydrogens is 270 g/mol. The van der Waals surface area contributed by atoms with Crippen LogP contribution < -0.4 is 15.8 Å². The fourth-order valence-electron chi connectivity index (χ4n) is 1.85. The molecule has 1 aromatic heterocycles. The van der Waals surface area contributed by atoms with E-state index in [9.17, 15) is 9.90 Å². The molecule has 1 heterocycles. The number of nitrogens with two attached hydrogens (primary N) is 1. The van der Waals surface area contributed by atoms with E-state index >= 15 is 0 Å². The molecule has 0 aliphatic carbocycles. The molecule has 6 nitrogen and oxygen atoms in total. The Morgan fingerprint density at radius 1 is 1.38 bits per heavy atom. The largest absolute Gasteiger partial charge is 0.508 e. The van der Waals surface area contributed by atoms with Crippen LogP contribution in [0.5, 0.6) is 11.6 Å². The van der Waals surface area contributed by atoms with E-state index in [2.05, 4.69) is 10.3 Å². The number of methoxy groups -OCH3 is 1. The quantitative estimate of drug-likeness (QED) is 0.770. The lowest BCUT2D eigenvalue weighted by atomic mass is 10.1. The summed E-state index contributed by atoms with van der Waals surface area (Å²) >= 11 is 0. The standard InChI is InChI=1S/C15H17N3O3/c1-21-15-13(3-2-8-17-15)18-14(20)12(16)9-10-4-6-11(19)7-5-10/h2-8,12,19H,9,16H2,1H3,(H,18,20). The molecule has 6 heteroatoms. The lowest BCUT2D eigenvalue weighted by molar-refractivity contribution is -0.117. The van der Waals surface area contributed by atoms with Gasteiger partial charge < -0.3 is 20.9 Å². The minimum atomic E-state index is -0.709. The number of pyridine rings is 1. The van der Waals surface area contributed by atoms with Gasteiger partial charge in [0.1, 0.15) is 11.4 Å². The van der Waals surface area contributed by atoms with Crippen LogP contribution in [-0.2, 0) is 11.2 Å². The van der Waals surface area contributed by atoms with Crippen LogP contribution in [0.15, 0.2) is 42.6 Å². The van der Waals surface area contributed by atoms with E-state index in [1.807, 2.05) is 0 Å². The maximum Gasteiger partial charge on any atom is 0.241 e. The summed E-state index contributed by atoms with van der Waals surface area (Å²) in [4.78, 5) is 16.1. The van der Waals surface area contributed by atoms with Gasteiger partial charge in [-0.15, -0.1) is 0 Å². The molecular formula is C15H17N3O3. The molecule has 0 aliphatic rings. The van der Waals surface area contributed by atoms with Crippen LogP contribution >= 0.6 is 0 Å². The van der Waals surface area contributed by atoms with Gasteiger partial charge in [0.2, 0.25) is 11.8 Å². The SMILES string of the molecule is COc1ncccc1NC(=O)C(N)Cc1ccc(O)cc1. The van der Waals surface area contributed by atoms with Crippen molar-refractivity contribution in [2.75, 3.05) is 12.4 Å². The summed E-state index contributed by atoms with van der Waals surface area (Å²) in [6.45, 7) is 0. The summed E-state index contributed by atoms with van der Waals surface area (Å²) in [7, 11) is 1.48. The third-order valence-electron chi connectivity index (χ3n) is 2.95. The monoisotopic (exact) mass is 287 g/mol. The number of hydrogen-bond acceptors (Lipinski definition) is 5. The van der Waals surface area contributed by atoms with Gasteiger partial charge in [0.05, 0.1) is 13.2 Å². The summed E-state index contributed by atoms with van der Waals surface area (Å²) in [5.74, 6) is 0.189. The number of phenolic OH excluding ortho intramolecular Hbond substituents is 1. The number of benzene rings is 1. The zero-order valence-electron chi connectivity index (χ0n) is 11.6. The van der Waals surface area contributed by atoms with E-state index in [1.54, 1.807) is 42.6 Å². The summed E-state index contributed by atoms with van der Waals surface area (Å²) in [5, 5.41) is 11.9. The molecule has 0 fully saturated rings. The number of rotatable bonds is 5. The number of hydrogen-bond donors (Lipinski definition) is 3. The third kappa shape index (κ3) is 3.93. The highest BCUT2D eigenvalue weighted by molar-refractivity contribution is 5.95. The molecule has 2 rings (SSSR count). The number of nitrogens with zero attached hydrogens (tertiary/aromatic N) is 1. The molecule has 0 saturated carbocycles. The van der Waals surface area contributed by atoms with Gasteiger partial charge >= 0.3 is 0 Å². The Labute approximate surface area is 122 Å². The van der Waals surface area contributed by atoms with Crippen molar-refractivity contribution in [2.24, 2.45) is 5.73 Å². The molecule has 1 aromatic carbocycles. The first-order chi connectivity index (χ1) is 10.1. The highest BCUT2D eigenvalue weighted by atomic mass is 16.5. The van der Waals surface area contributed by atoms with Gasteiger partial charge in [-0.1, -0.05) is 12.1 Å². The van der Waals surface area contributed by atoms with Gasteiger partial charge in [0.15, 0.2) is 0 Å². The average molecular weight is 287 g/mol. The van der Waals surface area contributed by atoms with Crippen LogP contribution in [0.1, 0.15) is 5.56 Å². The first-order valence-corrected chi connectivity index (χ1v) is 6.43. The number of amides is 1. The highest BCUT2D eigenvalue weighted by Crippen LogP contribution is 2.20. The van der Waals surface area contributed by atoms with Crippen LogP contribution in [0.25, 0.3) is 0 Å². The molecule has 1 atom stereocenters. The van der Waals surface area contributed by atoms with Crippen molar-refractivity contribution in [1.82, 2.24) is 4.98 Å². The Bertz CT molecular complexity index is 614. The van der Waals surface area contributed by atoms with Crippen LogP contribution in [0.3, 0.4) is 0 Å². The maximum absolute atomic E-state index is 12.1. The van der Waals surface area contributed by atoms with E-state index in [4.69, 9.17) is 10.5 Å². The van der Waals surface area contributed by atoms with Crippen molar-refractivity contribution in [3.63, 3.8) is 0 Å². The van der Waals surface area contributed by atoms with E-state index in [1.165, 1.54) is 7.11 Å². The van der Waals surface area contributed by atoms with E-state index < -0.39 is 6.04 Å². The molecule has 110 valence electrons. The minimum absolute atomic E-state index is 0.178. The number of aromatic nitrogens is 1. The fraction of sp³-hybridized carbons (Fsp3) is 0.200. The number of anilines is 1. The van der Waals surface area contributed by atoms with Gasteiger partial charge in [-0.25, -0.2) is 4.98 Å². The number of aromatic hydroxyl groups is 1. The van der Waals surface area contributed by atoms with Gasteiger partial charge in [0, 0.05) is 6.20 Å². The predicted octanol–water partition coefficient (Wildman–Crippen LogP) is 1.30. The van der Waals surface area contributed by atoms with Crippen LogP contribution in [0.2, 0.25) is 0 Å². The Kier molecular flexibility index (Phi) is 4.73. The van der Waals surface area contributed by atoms with Gasteiger partial charge in [0.25, 0.3) is 0 Å². The zero-order valence-corrected chi connectivity index (χ0v) is 11.6. The molecule has 0 radical (unpaired) electrons. The maximum atomic E-state index is 12.1. The molecule has 2 aromatic rings. The van der Waals surface area contributed by atoms with Crippen LogP contribution in [0.4, 0.5) is 5.69 Å². The Balaban J connectivity index is 2.01. The molecule has 0 spiro atoms. The first-order valence-electron chi connectivity index (χ1n) is 6.43. The number of carbonyl (C=O) groups is 1. The Morgan fingerprint density at radius 3 is 2.76 bits per heavy atom. The molecule has 21 heavy (non-hydrogen) atoms. The summed E-state index contributed by atoms with van der Waals surface area (Å²) < 4.78 is 5.06. The number of ether oxygens (including phenoxy) is 1. The third-order valence-corrected chi connectivity index (χ3v) is 2.95. The molecule has 0 bridgehead atoms. The second-order valence-corrected chi connectivity index (χ2v) is 4.53. The van der Waals surface area contributed by atoms with Gasteiger partial charge in [-0.2, -0.15) is 0 Å². The lowest BCUT2D eigenvalue weighted by Gasteiger charge is -2.13. The zero-order chi connectivity index (χ0) is 15.2. The van der Waals surface area contributed by atoms with Crippen LogP contribution in [0, 0.1) is 0 Å². The Morgan fingerprint density at radius 2 is 2.10 bits per heavy atom. The average Bonchev–Trinajstić information content (AvgIpc) is 2.50. The smallest absolute Gasteiger partial charge is 0.241 e. The fourth-order valence-corrected chi connectivity index (χ4v) is 1.85. The van der Waals surface area contributed by atoms with Crippen molar-refractivity contribution in [3.8, 4) is 11.6 Å². The number of phenols is 1. The first kappa shape index (κ1) is 14.8. The van der Waals surface area contributed by atoms with Gasteiger partial charge in [-0.3, -0.25) is 4.79 Å². The second-order valence-electron chi connectivity index (χ2n) is 4.53. The molecule has 0 aliphatic heterocycles. The molecule has 4 N–H and O–H groups in total. The summed E-state index contributed by atoms with van der Waals surface area (Å²) in [6.07, 6.45) is 1.94. The normalized spacial score (nSPS) is 11.7. The van der Waals surface area contributed by atoms with E-state index in [0.29, 0.717) is 18.0 Å². The van der Waals surface area contributed by atoms with Crippen molar-refractivity contribution in [3.05, 3.63) is 48.2 Å². The molecule has 1 amide bonds. The van der Waals surface area contributed by atoms with Crippen molar-refractivity contribution >= 4 is 11.6 Å². The van der Waals surface area contributed by atoms with Crippen molar-refractivity contribution in [1.29, 1.82) is 0 Å². The summed E-state index contributed by atoms with van der Waals surface area (Å²) in [6, 6.07) is 9.26. The topological polar surface area (TPSA) is 97.5 Å². The molecule has 1 unspecified atom stereocenters. The summed E-state index contributed by atoms with van der Waals surface area (Å²) in [5.41, 5.74) is 7.24. The number of nitrogens with one attached hydrogen (secondary N) is 1. The van der Waals surface area contributed by atoms with Gasteiger partial charge in [-0.05, 0) is 36.2 Å². The van der Waals surface area contributed by atoms with Crippen molar-refractivity contribution in [2.45, 2.75) is 12.5 Å². The number of carbonyl (C=O) groups excluding carboxylic acids is 1. The second kappa shape index (κ2) is 6.71. The predicted molar refractivity (Wildman–Crippen MR) is 79.2 cm³/mol. The lowest BCUT2D eigenvalue weighted by Crippen LogP contribution is -2.37. The van der Waals surface area contributed by atoms with E-state index in [-0.39, 0.29) is 11.7 Å². The molecule has 0 saturated heterocycles. The minimum Gasteiger partial charge on any atom is -0.508 e. The Hall–Kier alpha value is -2.60.